The van der Waals surface area contributed by atoms with E-state index in [-0.39, 0.29) is 23.7 Å². The van der Waals surface area contributed by atoms with Crippen LogP contribution in [0.15, 0.2) is 42.5 Å². The first kappa shape index (κ1) is 17.6. The quantitative estimate of drug-likeness (QED) is 0.939. The van der Waals surface area contributed by atoms with Crippen LogP contribution in [-0.2, 0) is 7.05 Å². The number of carbonyl (C=O) groups excluding carboxylic acids is 1. The molecule has 23 heavy (non-hydrogen) atoms. The topological polar surface area (TPSA) is 51.3 Å². The SMILES string of the molecule is Cl.Cn1c(C(=O)N2CCC(C)(CN)C2)ccc1-c1ccccc1. The molecule has 0 aliphatic carbocycles. The van der Waals surface area contributed by atoms with Crippen molar-refractivity contribution in [3.63, 3.8) is 0 Å². The minimum absolute atomic E-state index is 0. The Morgan fingerprint density at radius 2 is 1.91 bits per heavy atom. The minimum atomic E-state index is 0. The molecule has 3 rings (SSSR count). The van der Waals surface area contributed by atoms with Crippen molar-refractivity contribution < 1.29 is 4.79 Å². The molecule has 2 N–H and O–H groups in total. The number of carbonyl (C=O) groups is 1. The standard InChI is InChI=1S/C18H23N3O.ClH/c1-18(12-19)10-11-21(13-18)17(22)16-9-8-15(20(16)2)14-6-4-3-5-7-14;/h3-9H,10-13,19H2,1-2H3;1H. The summed E-state index contributed by atoms with van der Waals surface area (Å²) in [5.74, 6) is 0.0989. The summed E-state index contributed by atoms with van der Waals surface area (Å²) in [7, 11) is 1.95. The van der Waals surface area contributed by atoms with Crippen molar-refractivity contribution in [1.82, 2.24) is 9.47 Å². The van der Waals surface area contributed by atoms with Gasteiger partial charge in [-0.2, -0.15) is 0 Å². The number of hydrogen-bond acceptors (Lipinski definition) is 2. The molecule has 1 fully saturated rings. The molecule has 2 aromatic rings. The third-order valence-corrected chi connectivity index (χ3v) is 4.75. The van der Waals surface area contributed by atoms with Crippen LogP contribution in [0.1, 0.15) is 23.8 Å². The lowest BCUT2D eigenvalue weighted by atomic mass is 9.90. The van der Waals surface area contributed by atoms with Gasteiger partial charge < -0.3 is 15.2 Å². The monoisotopic (exact) mass is 333 g/mol. The highest BCUT2D eigenvalue weighted by Crippen LogP contribution is 2.30. The van der Waals surface area contributed by atoms with E-state index < -0.39 is 0 Å². The molecule has 2 heterocycles. The normalized spacial score (nSPS) is 20.4. The zero-order chi connectivity index (χ0) is 15.7. The summed E-state index contributed by atoms with van der Waals surface area (Å²) in [6, 6.07) is 14.1. The summed E-state index contributed by atoms with van der Waals surface area (Å²) in [6.45, 7) is 4.31. The van der Waals surface area contributed by atoms with Gasteiger partial charge in [-0.25, -0.2) is 0 Å². The van der Waals surface area contributed by atoms with Crippen molar-refractivity contribution in [1.29, 1.82) is 0 Å². The summed E-state index contributed by atoms with van der Waals surface area (Å²) in [6.07, 6.45) is 0.977. The fraction of sp³-hybridized carbons (Fsp3) is 0.389. The second-order valence-electron chi connectivity index (χ2n) is 6.52. The number of rotatable bonds is 3. The first-order valence-corrected chi connectivity index (χ1v) is 7.74. The summed E-state index contributed by atoms with van der Waals surface area (Å²) >= 11 is 0. The van der Waals surface area contributed by atoms with E-state index in [1.54, 1.807) is 0 Å². The largest absolute Gasteiger partial charge is 0.340 e. The van der Waals surface area contributed by atoms with Crippen LogP contribution < -0.4 is 5.73 Å². The van der Waals surface area contributed by atoms with Crippen molar-refractivity contribution in [3.8, 4) is 11.3 Å². The number of benzene rings is 1. The fourth-order valence-corrected chi connectivity index (χ4v) is 3.15. The van der Waals surface area contributed by atoms with E-state index in [0.717, 1.165) is 36.5 Å². The third kappa shape index (κ3) is 3.28. The maximum atomic E-state index is 12.8. The number of halogens is 1. The van der Waals surface area contributed by atoms with Crippen LogP contribution in [0.25, 0.3) is 11.3 Å². The molecule has 0 saturated carbocycles. The molecular weight excluding hydrogens is 310 g/mol. The Labute approximate surface area is 143 Å². The van der Waals surface area contributed by atoms with Crippen LogP contribution in [0.4, 0.5) is 0 Å². The Balaban J connectivity index is 0.00000192. The number of hydrogen-bond donors (Lipinski definition) is 1. The van der Waals surface area contributed by atoms with Gasteiger partial charge >= 0.3 is 0 Å². The second kappa shape index (κ2) is 6.77. The Bertz CT molecular complexity index is 683. The number of nitrogens with zero attached hydrogens (tertiary/aromatic N) is 2. The van der Waals surface area contributed by atoms with Crippen molar-refractivity contribution in [2.24, 2.45) is 18.2 Å². The predicted molar refractivity (Wildman–Crippen MR) is 95.8 cm³/mol. The van der Waals surface area contributed by atoms with Crippen LogP contribution in [0.2, 0.25) is 0 Å². The Kier molecular flexibility index (Phi) is 5.17. The smallest absolute Gasteiger partial charge is 0.270 e. The van der Waals surface area contributed by atoms with Gasteiger partial charge in [-0.15, -0.1) is 12.4 Å². The number of aromatic nitrogens is 1. The molecule has 1 atom stereocenters. The molecular formula is C18H24ClN3O. The molecule has 1 aromatic heterocycles. The van der Waals surface area contributed by atoms with Gasteiger partial charge in [0, 0.05) is 25.8 Å². The zero-order valence-electron chi connectivity index (χ0n) is 13.7. The van der Waals surface area contributed by atoms with E-state index in [4.69, 9.17) is 5.73 Å². The molecule has 1 amide bonds. The van der Waals surface area contributed by atoms with E-state index >= 15 is 0 Å². The van der Waals surface area contributed by atoms with Gasteiger partial charge in [0.05, 0.1) is 0 Å². The molecule has 1 saturated heterocycles. The van der Waals surface area contributed by atoms with Crippen molar-refractivity contribution in [3.05, 3.63) is 48.2 Å². The van der Waals surface area contributed by atoms with E-state index in [0.29, 0.717) is 6.54 Å². The lowest BCUT2D eigenvalue weighted by Gasteiger charge is -2.22. The fourth-order valence-electron chi connectivity index (χ4n) is 3.15. The first-order chi connectivity index (χ1) is 10.5. The van der Waals surface area contributed by atoms with Crippen LogP contribution in [0.3, 0.4) is 0 Å². The van der Waals surface area contributed by atoms with Crippen molar-refractivity contribution in [2.45, 2.75) is 13.3 Å². The highest BCUT2D eigenvalue weighted by atomic mass is 35.5. The molecule has 1 aromatic carbocycles. The van der Waals surface area contributed by atoms with Gasteiger partial charge in [-0.05, 0) is 36.1 Å². The van der Waals surface area contributed by atoms with Gasteiger partial charge in [0.25, 0.3) is 5.91 Å². The van der Waals surface area contributed by atoms with Gasteiger partial charge in [0.2, 0.25) is 0 Å². The van der Waals surface area contributed by atoms with Crippen LogP contribution >= 0.6 is 12.4 Å². The van der Waals surface area contributed by atoms with Crippen LogP contribution in [0, 0.1) is 5.41 Å². The van der Waals surface area contributed by atoms with Crippen molar-refractivity contribution in [2.75, 3.05) is 19.6 Å². The summed E-state index contributed by atoms with van der Waals surface area (Å²) < 4.78 is 1.98. The average molecular weight is 334 g/mol. The lowest BCUT2D eigenvalue weighted by molar-refractivity contribution is 0.0767. The number of nitrogens with two attached hydrogens (primary N) is 1. The molecule has 1 unspecified atom stereocenters. The molecule has 1 aliphatic heterocycles. The Morgan fingerprint density at radius 1 is 1.22 bits per heavy atom. The van der Waals surface area contributed by atoms with Crippen LogP contribution in [0.5, 0.6) is 0 Å². The van der Waals surface area contributed by atoms with E-state index in [9.17, 15) is 4.79 Å². The summed E-state index contributed by atoms with van der Waals surface area (Å²) in [5.41, 5.74) is 8.81. The molecule has 1 aliphatic rings. The van der Waals surface area contributed by atoms with Gasteiger partial charge in [-0.3, -0.25) is 4.79 Å². The predicted octanol–water partition coefficient (Wildman–Crippen LogP) is 2.92. The Morgan fingerprint density at radius 3 is 2.52 bits per heavy atom. The van der Waals surface area contributed by atoms with Gasteiger partial charge in [0.15, 0.2) is 0 Å². The maximum Gasteiger partial charge on any atom is 0.270 e. The Hall–Kier alpha value is -1.78. The molecule has 124 valence electrons. The number of likely N-dealkylation sites (tertiary alicyclic amines) is 1. The molecule has 4 nitrogen and oxygen atoms in total. The summed E-state index contributed by atoms with van der Waals surface area (Å²) in [4.78, 5) is 14.7. The van der Waals surface area contributed by atoms with E-state index in [1.807, 2.05) is 46.8 Å². The maximum absolute atomic E-state index is 12.8. The lowest BCUT2D eigenvalue weighted by Crippen LogP contribution is -2.35. The highest BCUT2D eigenvalue weighted by Gasteiger charge is 2.35. The minimum Gasteiger partial charge on any atom is -0.340 e. The van der Waals surface area contributed by atoms with Gasteiger partial charge in [0.1, 0.15) is 5.69 Å². The van der Waals surface area contributed by atoms with E-state index in [1.165, 1.54) is 0 Å². The number of amides is 1. The second-order valence-corrected chi connectivity index (χ2v) is 6.52. The molecule has 0 bridgehead atoms. The van der Waals surface area contributed by atoms with E-state index in [2.05, 4.69) is 19.1 Å². The first-order valence-electron chi connectivity index (χ1n) is 7.74. The average Bonchev–Trinajstić information content (AvgIpc) is 3.12. The highest BCUT2D eigenvalue weighted by molar-refractivity contribution is 5.94. The zero-order valence-corrected chi connectivity index (χ0v) is 14.5. The molecule has 0 radical (unpaired) electrons. The molecule has 5 heteroatoms. The van der Waals surface area contributed by atoms with Crippen molar-refractivity contribution >= 4 is 18.3 Å². The molecule has 0 spiro atoms. The van der Waals surface area contributed by atoms with Crippen LogP contribution in [-0.4, -0.2) is 35.0 Å². The van der Waals surface area contributed by atoms with Gasteiger partial charge in [-0.1, -0.05) is 37.3 Å². The summed E-state index contributed by atoms with van der Waals surface area (Å²) in [5, 5.41) is 0. The third-order valence-electron chi connectivity index (χ3n) is 4.75.